The van der Waals surface area contributed by atoms with Crippen LogP contribution < -0.4 is 0 Å². The van der Waals surface area contributed by atoms with E-state index in [0.717, 1.165) is 0 Å². The van der Waals surface area contributed by atoms with Gasteiger partial charge in [-0.1, -0.05) is 0 Å². The lowest BCUT2D eigenvalue weighted by Crippen LogP contribution is -2.02. The Labute approximate surface area is 123 Å². The molecule has 1 rings (SSSR count). The SMILES string of the molecule is CCOC(=O)c1ccc(/C(=C/O)P(=O)(OCC)OCC)o1. The first kappa shape index (κ1) is 17.5. The molecule has 0 aromatic carbocycles. The number of carbonyl (C=O) groups excluding carboxylic acids is 1. The van der Waals surface area contributed by atoms with Crippen molar-refractivity contribution in [1.82, 2.24) is 0 Å². The maximum atomic E-state index is 12.6. The van der Waals surface area contributed by atoms with Gasteiger partial charge in [0.25, 0.3) is 0 Å². The van der Waals surface area contributed by atoms with E-state index >= 15 is 0 Å². The fourth-order valence-corrected chi connectivity index (χ4v) is 3.14. The van der Waals surface area contributed by atoms with Crippen molar-refractivity contribution in [3.05, 3.63) is 29.9 Å². The fourth-order valence-electron chi connectivity index (χ4n) is 1.57. The normalized spacial score (nSPS) is 12.4. The molecule has 0 spiro atoms. The molecule has 0 saturated carbocycles. The molecular formula is C13H19O7P. The van der Waals surface area contributed by atoms with E-state index in [1.54, 1.807) is 20.8 Å². The highest BCUT2D eigenvalue weighted by molar-refractivity contribution is 7.65. The molecule has 0 atom stereocenters. The molecule has 8 heteroatoms. The van der Waals surface area contributed by atoms with Crippen LogP contribution in [0.1, 0.15) is 37.1 Å². The van der Waals surface area contributed by atoms with Crippen molar-refractivity contribution in [2.45, 2.75) is 20.8 Å². The third kappa shape index (κ3) is 4.20. The van der Waals surface area contributed by atoms with Gasteiger partial charge in [0, 0.05) is 0 Å². The van der Waals surface area contributed by atoms with Crippen LogP contribution >= 0.6 is 7.60 Å². The summed E-state index contributed by atoms with van der Waals surface area (Å²) in [6.45, 7) is 5.41. The molecule has 0 aliphatic heterocycles. The molecule has 0 unspecified atom stereocenters. The molecule has 0 amide bonds. The minimum absolute atomic E-state index is 0.0192. The van der Waals surface area contributed by atoms with Crippen molar-refractivity contribution in [2.75, 3.05) is 19.8 Å². The zero-order chi connectivity index (χ0) is 15.9. The highest BCUT2D eigenvalue weighted by atomic mass is 31.2. The topological polar surface area (TPSA) is 95.2 Å². The van der Waals surface area contributed by atoms with Crippen molar-refractivity contribution in [3.63, 3.8) is 0 Å². The predicted octanol–water partition coefficient (Wildman–Crippen LogP) is 3.58. The quantitative estimate of drug-likeness (QED) is 0.444. The van der Waals surface area contributed by atoms with E-state index in [1.165, 1.54) is 12.1 Å². The number of hydrogen-bond acceptors (Lipinski definition) is 7. The summed E-state index contributed by atoms with van der Waals surface area (Å²) in [4.78, 5) is 11.5. The maximum absolute atomic E-state index is 12.6. The molecule has 0 aliphatic carbocycles. The van der Waals surface area contributed by atoms with E-state index in [1.807, 2.05) is 0 Å². The van der Waals surface area contributed by atoms with Gasteiger partial charge in [-0.15, -0.1) is 0 Å². The highest BCUT2D eigenvalue weighted by Gasteiger charge is 2.34. The summed E-state index contributed by atoms with van der Waals surface area (Å²) in [5, 5.41) is 9.20. The van der Waals surface area contributed by atoms with Crippen molar-refractivity contribution in [2.24, 2.45) is 0 Å². The Hall–Kier alpha value is -1.56. The van der Waals surface area contributed by atoms with Gasteiger partial charge >= 0.3 is 13.6 Å². The Kier molecular flexibility index (Phi) is 6.68. The first-order valence-corrected chi connectivity index (χ1v) is 8.08. The molecule has 1 heterocycles. The van der Waals surface area contributed by atoms with Crippen LogP contribution in [0.4, 0.5) is 0 Å². The minimum Gasteiger partial charge on any atom is -0.514 e. The van der Waals surface area contributed by atoms with Crippen LogP contribution in [0.3, 0.4) is 0 Å². The van der Waals surface area contributed by atoms with Crippen LogP contribution in [0, 0.1) is 0 Å². The Morgan fingerprint density at radius 3 is 2.24 bits per heavy atom. The number of furan rings is 1. The molecular weight excluding hydrogens is 299 g/mol. The monoisotopic (exact) mass is 318 g/mol. The summed E-state index contributed by atoms with van der Waals surface area (Å²) in [5.41, 5.74) is 0. The lowest BCUT2D eigenvalue weighted by atomic mass is 10.4. The van der Waals surface area contributed by atoms with Gasteiger partial charge in [-0.05, 0) is 32.9 Å². The van der Waals surface area contributed by atoms with Gasteiger partial charge in [0.2, 0.25) is 5.76 Å². The van der Waals surface area contributed by atoms with Crippen LogP contribution in [-0.4, -0.2) is 30.9 Å². The average Bonchev–Trinajstić information content (AvgIpc) is 2.89. The zero-order valence-corrected chi connectivity index (χ0v) is 13.1. The second-order valence-electron chi connectivity index (χ2n) is 3.73. The van der Waals surface area contributed by atoms with Crippen molar-refractivity contribution in [3.8, 4) is 0 Å². The first-order chi connectivity index (χ1) is 10.0. The molecule has 0 aliphatic rings. The molecule has 1 N–H and O–H groups in total. The van der Waals surface area contributed by atoms with Gasteiger partial charge in [0.05, 0.1) is 26.1 Å². The molecule has 118 valence electrons. The smallest absolute Gasteiger partial charge is 0.374 e. The number of rotatable bonds is 8. The summed E-state index contributed by atoms with van der Waals surface area (Å²) in [6, 6.07) is 2.75. The Morgan fingerprint density at radius 1 is 1.19 bits per heavy atom. The van der Waals surface area contributed by atoms with Crippen LogP contribution in [0.5, 0.6) is 0 Å². The van der Waals surface area contributed by atoms with Gasteiger partial charge in [-0.25, -0.2) is 4.79 Å². The Balaban J connectivity index is 3.10. The van der Waals surface area contributed by atoms with Crippen LogP contribution in [0.15, 0.2) is 22.8 Å². The summed E-state index contributed by atoms with van der Waals surface area (Å²) in [5.74, 6) is -0.694. The summed E-state index contributed by atoms with van der Waals surface area (Å²) >= 11 is 0. The molecule has 7 nitrogen and oxygen atoms in total. The number of hydrogen-bond donors (Lipinski definition) is 1. The first-order valence-electron chi connectivity index (χ1n) is 6.53. The van der Waals surface area contributed by atoms with Gasteiger partial charge in [0.15, 0.2) is 0 Å². The average molecular weight is 318 g/mol. The third-order valence-electron chi connectivity index (χ3n) is 2.35. The molecule has 21 heavy (non-hydrogen) atoms. The Morgan fingerprint density at radius 2 is 1.76 bits per heavy atom. The molecule has 1 aromatic heterocycles. The molecule has 1 aromatic rings. The minimum atomic E-state index is -3.72. The van der Waals surface area contributed by atoms with Crippen LogP contribution in [0.2, 0.25) is 0 Å². The fraction of sp³-hybridized carbons (Fsp3) is 0.462. The van der Waals surface area contributed by atoms with Crippen LogP contribution in [0.25, 0.3) is 5.31 Å². The Bertz CT molecular complexity index is 536. The van der Waals surface area contributed by atoms with E-state index in [4.69, 9.17) is 18.2 Å². The zero-order valence-electron chi connectivity index (χ0n) is 12.2. The second-order valence-corrected chi connectivity index (χ2v) is 5.72. The predicted molar refractivity (Wildman–Crippen MR) is 76.1 cm³/mol. The standard InChI is InChI=1S/C13H19O7P/c1-4-17-13(15)11-8-7-10(20-11)12(9-14)21(16,18-5-2)19-6-3/h7-9,14H,4-6H2,1-3H3/b12-9-. The second kappa shape index (κ2) is 8.02. The number of ether oxygens (including phenoxy) is 1. The number of carbonyl (C=O) groups is 1. The summed E-state index contributed by atoms with van der Waals surface area (Å²) in [6.07, 6.45) is 0.597. The highest BCUT2D eigenvalue weighted by Crippen LogP contribution is 2.60. The molecule has 0 saturated heterocycles. The lowest BCUT2D eigenvalue weighted by molar-refractivity contribution is 0.0489. The van der Waals surface area contributed by atoms with Gasteiger partial charge in [-0.2, -0.15) is 0 Å². The largest absolute Gasteiger partial charge is 0.514 e. The molecule has 0 bridgehead atoms. The third-order valence-corrected chi connectivity index (χ3v) is 4.47. The van der Waals surface area contributed by atoms with Crippen molar-refractivity contribution < 1.29 is 32.7 Å². The molecule has 0 radical (unpaired) electrons. The van der Waals surface area contributed by atoms with E-state index in [9.17, 15) is 14.5 Å². The summed E-state index contributed by atoms with van der Waals surface area (Å²) in [7, 11) is -3.72. The van der Waals surface area contributed by atoms with Gasteiger partial charge in [-0.3, -0.25) is 4.57 Å². The lowest BCUT2D eigenvalue weighted by Gasteiger charge is -2.17. The van der Waals surface area contributed by atoms with Gasteiger partial charge in [0.1, 0.15) is 11.1 Å². The molecule has 0 fully saturated rings. The van der Waals surface area contributed by atoms with Crippen molar-refractivity contribution in [1.29, 1.82) is 0 Å². The van der Waals surface area contributed by atoms with Crippen molar-refractivity contribution >= 4 is 18.9 Å². The van der Waals surface area contributed by atoms with E-state index < -0.39 is 13.6 Å². The summed E-state index contributed by atoms with van der Waals surface area (Å²) < 4.78 is 32.9. The van der Waals surface area contributed by atoms with E-state index in [2.05, 4.69) is 0 Å². The van der Waals surface area contributed by atoms with Gasteiger partial charge < -0.3 is 23.3 Å². The number of esters is 1. The maximum Gasteiger partial charge on any atom is 0.374 e. The van der Waals surface area contributed by atoms with E-state index in [0.29, 0.717) is 6.26 Å². The number of aliphatic hydroxyl groups excluding tert-OH is 1. The number of aliphatic hydroxyl groups is 1. The van der Waals surface area contributed by atoms with E-state index in [-0.39, 0.29) is 36.7 Å². The van der Waals surface area contributed by atoms with Crippen LogP contribution in [-0.2, 0) is 18.3 Å².